The van der Waals surface area contributed by atoms with E-state index in [0.29, 0.717) is 11.8 Å². The average Bonchev–Trinajstić information content (AvgIpc) is 2.79. The van der Waals surface area contributed by atoms with E-state index in [1.165, 1.54) is 18.4 Å². The number of carbonyl (C=O) groups excluding carboxylic acids is 1. The van der Waals surface area contributed by atoms with Gasteiger partial charge in [-0.2, -0.15) is 0 Å². The number of likely N-dealkylation sites (tertiary alicyclic amines) is 1. The van der Waals surface area contributed by atoms with Gasteiger partial charge in [0.05, 0.1) is 0 Å². The standard InChI is InChI=1S/C12H18N2O/c1-2-3-10-6-12(15)14(8-10)9-11-4-5-13-7-11/h5,7,10H,2-4,6,8-9H2,1H3. The fourth-order valence-electron chi connectivity index (χ4n) is 2.34. The Kier molecular flexibility index (Phi) is 3.19. The molecule has 1 unspecified atom stereocenters. The predicted molar refractivity (Wildman–Crippen MR) is 60.8 cm³/mol. The third kappa shape index (κ3) is 2.46. The van der Waals surface area contributed by atoms with Gasteiger partial charge in [-0.25, -0.2) is 0 Å². The molecular weight excluding hydrogens is 188 g/mol. The summed E-state index contributed by atoms with van der Waals surface area (Å²) in [4.78, 5) is 17.8. The Morgan fingerprint density at radius 2 is 2.47 bits per heavy atom. The second-order valence-corrected chi connectivity index (χ2v) is 4.46. The number of nitrogens with zero attached hydrogens (tertiary/aromatic N) is 2. The third-order valence-corrected chi connectivity index (χ3v) is 3.10. The second-order valence-electron chi connectivity index (χ2n) is 4.46. The van der Waals surface area contributed by atoms with Crippen molar-refractivity contribution in [2.75, 3.05) is 13.1 Å². The molecule has 15 heavy (non-hydrogen) atoms. The quantitative estimate of drug-likeness (QED) is 0.692. The lowest BCUT2D eigenvalue weighted by Gasteiger charge is -2.16. The van der Waals surface area contributed by atoms with Crippen LogP contribution >= 0.6 is 0 Å². The van der Waals surface area contributed by atoms with Gasteiger partial charge in [0.25, 0.3) is 0 Å². The highest BCUT2D eigenvalue weighted by Gasteiger charge is 2.29. The number of rotatable bonds is 4. The number of hydrogen-bond donors (Lipinski definition) is 0. The van der Waals surface area contributed by atoms with Crippen LogP contribution in [0, 0.1) is 5.92 Å². The molecule has 0 saturated carbocycles. The van der Waals surface area contributed by atoms with Crippen LogP contribution in [0.2, 0.25) is 0 Å². The summed E-state index contributed by atoms with van der Waals surface area (Å²) >= 11 is 0. The van der Waals surface area contributed by atoms with E-state index in [1.54, 1.807) is 0 Å². The molecule has 0 aliphatic carbocycles. The van der Waals surface area contributed by atoms with Crippen molar-refractivity contribution in [2.24, 2.45) is 10.9 Å². The van der Waals surface area contributed by atoms with Crippen molar-refractivity contribution in [3.8, 4) is 0 Å². The van der Waals surface area contributed by atoms with Crippen LogP contribution in [0.1, 0.15) is 32.6 Å². The molecule has 1 amide bonds. The summed E-state index contributed by atoms with van der Waals surface area (Å²) in [6.45, 7) is 3.92. The molecular formula is C12H18N2O. The summed E-state index contributed by atoms with van der Waals surface area (Å²) in [7, 11) is 0. The van der Waals surface area contributed by atoms with Crippen molar-refractivity contribution in [3.05, 3.63) is 11.8 Å². The average molecular weight is 206 g/mol. The number of hydrogen-bond acceptors (Lipinski definition) is 2. The molecule has 2 aliphatic heterocycles. The molecule has 0 radical (unpaired) electrons. The van der Waals surface area contributed by atoms with Crippen molar-refractivity contribution >= 4 is 12.1 Å². The van der Waals surface area contributed by atoms with Crippen LogP contribution in [0.15, 0.2) is 16.8 Å². The van der Waals surface area contributed by atoms with Crippen LogP contribution in [0.3, 0.4) is 0 Å². The van der Waals surface area contributed by atoms with Crippen LogP contribution in [-0.4, -0.2) is 30.1 Å². The summed E-state index contributed by atoms with van der Waals surface area (Å²) < 4.78 is 0. The topological polar surface area (TPSA) is 32.7 Å². The molecule has 0 bridgehead atoms. The lowest BCUT2D eigenvalue weighted by Crippen LogP contribution is -2.27. The Balaban J connectivity index is 1.85. The number of amides is 1. The third-order valence-electron chi connectivity index (χ3n) is 3.10. The maximum atomic E-state index is 11.7. The lowest BCUT2D eigenvalue weighted by molar-refractivity contribution is -0.127. The van der Waals surface area contributed by atoms with Crippen LogP contribution in [-0.2, 0) is 4.79 Å². The van der Waals surface area contributed by atoms with E-state index < -0.39 is 0 Å². The Labute approximate surface area is 90.9 Å². The Bertz CT molecular complexity index is 307. The highest BCUT2D eigenvalue weighted by molar-refractivity contribution is 5.79. The zero-order valence-corrected chi connectivity index (χ0v) is 9.28. The Hall–Kier alpha value is -1.12. The van der Waals surface area contributed by atoms with Crippen LogP contribution in [0.25, 0.3) is 0 Å². The molecule has 2 aliphatic rings. The SMILES string of the molecule is CCCC1CC(=O)N(CC2=CN=CC2)C1. The predicted octanol–water partition coefficient (Wildman–Crippen LogP) is 1.99. The molecule has 3 heteroatoms. The van der Waals surface area contributed by atoms with Gasteiger partial charge in [0.15, 0.2) is 0 Å². The number of aliphatic imine (C=N–C) groups is 1. The lowest BCUT2D eigenvalue weighted by atomic mass is 10.0. The minimum absolute atomic E-state index is 0.321. The first-order valence-corrected chi connectivity index (χ1v) is 5.77. The summed E-state index contributed by atoms with van der Waals surface area (Å²) in [5.41, 5.74) is 1.26. The zero-order valence-electron chi connectivity index (χ0n) is 9.28. The van der Waals surface area contributed by atoms with Gasteiger partial charge in [-0.1, -0.05) is 13.3 Å². The van der Waals surface area contributed by atoms with E-state index in [9.17, 15) is 4.79 Å². The van der Waals surface area contributed by atoms with Gasteiger partial charge >= 0.3 is 0 Å². The van der Waals surface area contributed by atoms with E-state index in [1.807, 2.05) is 17.3 Å². The maximum absolute atomic E-state index is 11.7. The summed E-state index contributed by atoms with van der Waals surface area (Å²) in [6, 6.07) is 0. The normalized spacial score (nSPS) is 25.1. The first kappa shape index (κ1) is 10.4. The summed E-state index contributed by atoms with van der Waals surface area (Å²) in [5.74, 6) is 0.909. The van der Waals surface area contributed by atoms with E-state index in [2.05, 4.69) is 11.9 Å². The minimum atomic E-state index is 0.321. The van der Waals surface area contributed by atoms with E-state index in [0.717, 1.165) is 25.9 Å². The van der Waals surface area contributed by atoms with Gasteiger partial charge in [0.1, 0.15) is 0 Å². The number of carbonyl (C=O) groups is 1. The highest BCUT2D eigenvalue weighted by atomic mass is 16.2. The van der Waals surface area contributed by atoms with Crippen molar-refractivity contribution in [1.82, 2.24) is 4.90 Å². The molecule has 3 nitrogen and oxygen atoms in total. The van der Waals surface area contributed by atoms with Crippen molar-refractivity contribution in [2.45, 2.75) is 32.6 Å². The Morgan fingerprint density at radius 3 is 3.13 bits per heavy atom. The summed E-state index contributed by atoms with van der Waals surface area (Å²) in [5, 5.41) is 0. The summed E-state index contributed by atoms with van der Waals surface area (Å²) in [6.07, 6.45) is 7.82. The fourth-order valence-corrected chi connectivity index (χ4v) is 2.34. The molecule has 2 heterocycles. The minimum Gasteiger partial charge on any atom is -0.338 e. The molecule has 0 aromatic heterocycles. The van der Waals surface area contributed by atoms with E-state index in [4.69, 9.17) is 0 Å². The van der Waals surface area contributed by atoms with Crippen LogP contribution < -0.4 is 0 Å². The molecule has 1 atom stereocenters. The zero-order chi connectivity index (χ0) is 10.7. The first-order valence-electron chi connectivity index (χ1n) is 5.77. The van der Waals surface area contributed by atoms with Crippen molar-refractivity contribution in [3.63, 3.8) is 0 Å². The van der Waals surface area contributed by atoms with Gasteiger partial charge in [-0.15, -0.1) is 0 Å². The van der Waals surface area contributed by atoms with E-state index in [-0.39, 0.29) is 0 Å². The van der Waals surface area contributed by atoms with Gasteiger partial charge in [0.2, 0.25) is 5.91 Å². The first-order chi connectivity index (χ1) is 7.29. The molecule has 0 aromatic carbocycles. The maximum Gasteiger partial charge on any atom is 0.223 e. The smallest absolute Gasteiger partial charge is 0.223 e. The van der Waals surface area contributed by atoms with E-state index >= 15 is 0 Å². The molecule has 0 aromatic rings. The Morgan fingerprint density at radius 1 is 1.60 bits per heavy atom. The molecule has 0 N–H and O–H groups in total. The van der Waals surface area contributed by atoms with Gasteiger partial charge in [-0.3, -0.25) is 9.79 Å². The largest absolute Gasteiger partial charge is 0.338 e. The fraction of sp³-hybridized carbons (Fsp3) is 0.667. The molecule has 82 valence electrons. The van der Waals surface area contributed by atoms with Crippen molar-refractivity contribution < 1.29 is 4.79 Å². The van der Waals surface area contributed by atoms with Gasteiger partial charge in [0, 0.05) is 38.3 Å². The van der Waals surface area contributed by atoms with Crippen LogP contribution in [0.4, 0.5) is 0 Å². The van der Waals surface area contributed by atoms with Gasteiger partial charge < -0.3 is 4.90 Å². The molecule has 1 fully saturated rings. The highest BCUT2D eigenvalue weighted by Crippen LogP contribution is 2.23. The molecule has 2 rings (SSSR count). The van der Waals surface area contributed by atoms with Crippen molar-refractivity contribution in [1.29, 1.82) is 0 Å². The second kappa shape index (κ2) is 4.60. The van der Waals surface area contributed by atoms with Crippen LogP contribution in [0.5, 0.6) is 0 Å². The van der Waals surface area contributed by atoms with Gasteiger partial charge in [-0.05, 0) is 17.9 Å². The molecule has 1 saturated heterocycles. The molecule has 0 spiro atoms. The monoisotopic (exact) mass is 206 g/mol.